The van der Waals surface area contributed by atoms with Crippen molar-refractivity contribution in [3.63, 3.8) is 0 Å². The molecule has 2 aromatic carbocycles. The zero-order chi connectivity index (χ0) is 21.3. The lowest BCUT2D eigenvalue weighted by Crippen LogP contribution is -2.48. The Bertz CT molecular complexity index is 1080. The first kappa shape index (κ1) is 19.8. The second-order valence-corrected chi connectivity index (χ2v) is 7.31. The number of non-ortho nitro benzene ring substituents is 1. The summed E-state index contributed by atoms with van der Waals surface area (Å²) in [7, 11) is 3.52. The molecule has 1 fully saturated rings. The number of methoxy groups -OCH3 is 1. The molecule has 0 N–H and O–H groups in total. The van der Waals surface area contributed by atoms with E-state index in [0.717, 1.165) is 30.2 Å². The number of aromatic nitrogens is 2. The van der Waals surface area contributed by atoms with Gasteiger partial charge in [-0.3, -0.25) is 19.8 Å². The second kappa shape index (κ2) is 8.11. The Labute approximate surface area is 173 Å². The predicted molar refractivity (Wildman–Crippen MR) is 112 cm³/mol. The highest BCUT2D eigenvalue weighted by Crippen LogP contribution is 2.22. The molecule has 0 radical (unpaired) electrons. The number of hydrogen-bond donors (Lipinski definition) is 0. The molecule has 9 heteroatoms. The molecule has 1 aliphatic heterocycles. The van der Waals surface area contributed by atoms with Crippen LogP contribution in [0.4, 0.5) is 5.69 Å². The summed E-state index contributed by atoms with van der Waals surface area (Å²) in [6, 6.07) is 11.9. The molecule has 30 heavy (non-hydrogen) atoms. The van der Waals surface area contributed by atoms with Crippen LogP contribution in [0.5, 0.6) is 5.75 Å². The predicted octanol–water partition coefficient (Wildman–Crippen LogP) is 2.45. The summed E-state index contributed by atoms with van der Waals surface area (Å²) in [5.41, 5.74) is 2.18. The van der Waals surface area contributed by atoms with Crippen molar-refractivity contribution in [2.75, 3.05) is 33.3 Å². The third-order valence-electron chi connectivity index (χ3n) is 5.53. The molecule has 0 atom stereocenters. The van der Waals surface area contributed by atoms with Gasteiger partial charge in [-0.05, 0) is 30.3 Å². The number of nitro groups is 1. The lowest BCUT2D eigenvalue weighted by Gasteiger charge is -2.34. The van der Waals surface area contributed by atoms with Crippen LogP contribution in [-0.2, 0) is 13.6 Å². The minimum Gasteiger partial charge on any atom is -0.497 e. The summed E-state index contributed by atoms with van der Waals surface area (Å²) < 4.78 is 7.11. The first-order valence-corrected chi connectivity index (χ1v) is 9.71. The summed E-state index contributed by atoms with van der Waals surface area (Å²) in [4.78, 5) is 32.0. The molecule has 0 bridgehead atoms. The van der Waals surface area contributed by atoms with Crippen molar-refractivity contribution in [3.8, 4) is 5.75 Å². The third-order valence-corrected chi connectivity index (χ3v) is 5.53. The maximum atomic E-state index is 12.7. The van der Waals surface area contributed by atoms with E-state index in [1.165, 1.54) is 12.1 Å². The fourth-order valence-electron chi connectivity index (χ4n) is 3.72. The normalized spacial score (nSPS) is 14.8. The van der Waals surface area contributed by atoms with E-state index < -0.39 is 4.92 Å². The van der Waals surface area contributed by atoms with E-state index in [1.807, 2.05) is 16.5 Å². The maximum absolute atomic E-state index is 12.7. The highest BCUT2D eigenvalue weighted by molar-refractivity contribution is 5.94. The number of carbonyl (C=O) groups excluding carboxylic acids is 1. The van der Waals surface area contributed by atoms with Gasteiger partial charge in [-0.15, -0.1) is 0 Å². The number of hydrogen-bond acceptors (Lipinski definition) is 6. The number of ether oxygens (including phenoxy) is 1. The molecule has 2 heterocycles. The van der Waals surface area contributed by atoms with Gasteiger partial charge in [0.25, 0.3) is 11.6 Å². The Morgan fingerprint density at radius 3 is 2.47 bits per heavy atom. The Morgan fingerprint density at radius 1 is 1.13 bits per heavy atom. The van der Waals surface area contributed by atoms with Gasteiger partial charge >= 0.3 is 0 Å². The van der Waals surface area contributed by atoms with Crippen LogP contribution in [0.15, 0.2) is 42.5 Å². The standard InChI is InChI=1S/C21H23N5O4/c1-23-19-8-5-16(26(28)29)13-18(19)22-20(23)14-24-9-11-25(12-10-24)21(27)15-3-6-17(30-2)7-4-15/h3-8,13H,9-12,14H2,1-2H3. The molecule has 0 unspecified atom stereocenters. The number of imidazole rings is 1. The number of nitrogens with zero attached hydrogens (tertiary/aromatic N) is 5. The number of carbonyl (C=O) groups is 1. The van der Waals surface area contributed by atoms with Crippen LogP contribution in [-0.4, -0.2) is 63.5 Å². The van der Waals surface area contributed by atoms with Crippen LogP contribution < -0.4 is 4.74 Å². The fourth-order valence-corrected chi connectivity index (χ4v) is 3.72. The molecule has 1 aliphatic rings. The quantitative estimate of drug-likeness (QED) is 0.475. The van der Waals surface area contributed by atoms with Gasteiger partial charge in [0.2, 0.25) is 0 Å². The average molecular weight is 409 g/mol. The van der Waals surface area contributed by atoms with E-state index in [-0.39, 0.29) is 11.6 Å². The molecule has 1 saturated heterocycles. The summed E-state index contributed by atoms with van der Waals surface area (Å²) in [6.45, 7) is 3.39. The molecule has 156 valence electrons. The van der Waals surface area contributed by atoms with Gasteiger partial charge in [-0.25, -0.2) is 4.98 Å². The van der Waals surface area contributed by atoms with Crippen molar-refractivity contribution in [1.29, 1.82) is 0 Å². The molecule has 1 aromatic heterocycles. The van der Waals surface area contributed by atoms with Crippen molar-refractivity contribution >= 4 is 22.6 Å². The fraction of sp³-hybridized carbons (Fsp3) is 0.333. The maximum Gasteiger partial charge on any atom is 0.271 e. The smallest absolute Gasteiger partial charge is 0.271 e. The lowest BCUT2D eigenvalue weighted by molar-refractivity contribution is -0.384. The highest BCUT2D eigenvalue weighted by atomic mass is 16.6. The van der Waals surface area contributed by atoms with Gasteiger partial charge in [0.1, 0.15) is 11.6 Å². The second-order valence-electron chi connectivity index (χ2n) is 7.31. The molecular weight excluding hydrogens is 386 g/mol. The van der Waals surface area contributed by atoms with Gasteiger partial charge < -0.3 is 14.2 Å². The van der Waals surface area contributed by atoms with Crippen molar-refractivity contribution in [2.24, 2.45) is 7.05 Å². The van der Waals surface area contributed by atoms with Crippen LogP contribution in [0.25, 0.3) is 11.0 Å². The van der Waals surface area contributed by atoms with E-state index in [9.17, 15) is 14.9 Å². The van der Waals surface area contributed by atoms with Gasteiger partial charge in [0.05, 0.1) is 29.6 Å². The largest absolute Gasteiger partial charge is 0.497 e. The van der Waals surface area contributed by atoms with Crippen LogP contribution in [0.2, 0.25) is 0 Å². The number of rotatable bonds is 5. The topological polar surface area (TPSA) is 93.7 Å². The molecular formula is C21H23N5O4. The molecule has 9 nitrogen and oxygen atoms in total. The number of amides is 1. The van der Waals surface area contributed by atoms with Crippen molar-refractivity contribution in [3.05, 3.63) is 64.0 Å². The third kappa shape index (κ3) is 3.84. The SMILES string of the molecule is COc1ccc(C(=O)N2CCN(Cc3nc4cc([N+](=O)[O-])ccc4n3C)CC2)cc1. The van der Waals surface area contributed by atoms with Crippen LogP contribution in [0.1, 0.15) is 16.2 Å². The molecule has 0 saturated carbocycles. The number of aryl methyl sites for hydroxylation is 1. The Kier molecular flexibility index (Phi) is 5.37. The zero-order valence-corrected chi connectivity index (χ0v) is 16.9. The van der Waals surface area contributed by atoms with Gasteiger partial charge in [0.15, 0.2) is 0 Å². The van der Waals surface area contributed by atoms with E-state index >= 15 is 0 Å². The Hall–Kier alpha value is -3.46. The Balaban J connectivity index is 1.40. The summed E-state index contributed by atoms with van der Waals surface area (Å²) in [6.07, 6.45) is 0. The minimum absolute atomic E-state index is 0.0207. The first-order chi connectivity index (χ1) is 14.5. The molecule has 0 aliphatic carbocycles. The van der Waals surface area contributed by atoms with E-state index in [2.05, 4.69) is 9.88 Å². The molecule has 1 amide bonds. The summed E-state index contributed by atoms with van der Waals surface area (Å²) in [5, 5.41) is 11.0. The average Bonchev–Trinajstić information content (AvgIpc) is 3.08. The Morgan fingerprint density at radius 2 is 1.83 bits per heavy atom. The van der Waals surface area contributed by atoms with Crippen molar-refractivity contribution in [2.45, 2.75) is 6.54 Å². The van der Waals surface area contributed by atoms with Crippen molar-refractivity contribution in [1.82, 2.24) is 19.4 Å². The van der Waals surface area contributed by atoms with E-state index in [1.54, 1.807) is 37.4 Å². The van der Waals surface area contributed by atoms with Gasteiger partial charge in [0, 0.05) is 50.9 Å². The number of fused-ring (bicyclic) bond motifs is 1. The summed E-state index contributed by atoms with van der Waals surface area (Å²) in [5.74, 6) is 1.59. The van der Waals surface area contributed by atoms with E-state index in [4.69, 9.17) is 4.74 Å². The van der Waals surface area contributed by atoms with Gasteiger partial charge in [-0.2, -0.15) is 0 Å². The molecule has 4 rings (SSSR count). The van der Waals surface area contributed by atoms with Crippen LogP contribution in [0, 0.1) is 10.1 Å². The van der Waals surface area contributed by atoms with Crippen molar-refractivity contribution < 1.29 is 14.5 Å². The number of benzene rings is 2. The van der Waals surface area contributed by atoms with E-state index in [0.29, 0.717) is 30.7 Å². The summed E-state index contributed by atoms with van der Waals surface area (Å²) >= 11 is 0. The van der Waals surface area contributed by atoms with Gasteiger partial charge in [-0.1, -0.05) is 0 Å². The number of nitro benzene ring substituents is 1. The zero-order valence-electron chi connectivity index (χ0n) is 16.9. The lowest BCUT2D eigenvalue weighted by atomic mass is 10.1. The highest BCUT2D eigenvalue weighted by Gasteiger charge is 2.23. The molecule has 3 aromatic rings. The van der Waals surface area contributed by atoms with Crippen LogP contribution >= 0.6 is 0 Å². The molecule has 0 spiro atoms. The number of piperazine rings is 1. The van der Waals surface area contributed by atoms with Crippen LogP contribution in [0.3, 0.4) is 0 Å². The monoisotopic (exact) mass is 409 g/mol. The minimum atomic E-state index is -0.410. The first-order valence-electron chi connectivity index (χ1n) is 9.71.